The number of nitrogens with one attached hydrogen (secondary N) is 1. The predicted molar refractivity (Wildman–Crippen MR) is 78.6 cm³/mol. The van der Waals surface area contributed by atoms with Crippen LogP contribution < -0.4 is 10.5 Å². The molecule has 0 bridgehead atoms. The lowest BCUT2D eigenvalue weighted by Crippen LogP contribution is -2.10. The normalized spacial score (nSPS) is 11.6. The highest BCUT2D eigenvalue weighted by molar-refractivity contribution is 7.89. The fourth-order valence-electron chi connectivity index (χ4n) is 1.57. The van der Waals surface area contributed by atoms with Gasteiger partial charge in [-0.15, -0.1) is 0 Å². The van der Waals surface area contributed by atoms with Crippen LogP contribution in [0.25, 0.3) is 0 Å². The first-order valence-electron chi connectivity index (χ1n) is 5.58. The highest BCUT2D eigenvalue weighted by Gasteiger charge is 2.13. The van der Waals surface area contributed by atoms with E-state index in [-0.39, 0.29) is 11.6 Å². The summed E-state index contributed by atoms with van der Waals surface area (Å²) in [5.41, 5.74) is 1.51. The number of hydrogen-bond acceptors (Lipinski definition) is 4. The van der Waals surface area contributed by atoms with E-state index < -0.39 is 10.0 Å². The van der Waals surface area contributed by atoms with Crippen LogP contribution in [-0.4, -0.2) is 8.42 Å². The van der Waals surface area contributed by atoms with E-state index in [1.54, 1.807) is 12.1 Å². The van der Waals surface area contributed by atoms with Gasteiger partial charge in [-0.25, -0.2) is 13.6 Å². The zero-order chi connectivity index (χ0) is 14.9. The average molecular weight is 335 g/mol. The van der Waals surface area contributed by atoms with E-state index in [4.69, 9.17) is 32.8 Å². The summed E-state index contributed by atoms with van der Waals surface area (Å²) in [5, 5.41) is 8.80. The zero-order valence-corrected chi connectivity index (χ0v) is 12.8. The lowest BCUT2D eigenvalue weighted by Gasteiger charge is -2.09. The van der Waals surface area contributed by atoms with Crippen LogP contribution in [0.2, 0.25) is 10.0 Å². The standard InChI is InChI=1S/C12H12Cl2N2O3S/c1-7-4-10(14)11(5-9(7)13)16-6-8-2-3-12(19-8)20(15,17)18/h2-5,16H,6H2,1H3,(H2,15,17,18). The Hall–Kier alpha value is -1.21. The van der Waals surface area contributed by atoms with E-state index >= 15 is 0 Å². The molecule has 0 atom stereocenters. The molecule has 0 radical (unpaired) electrons. The lowest BCUT2D eigenvalue weighted by molar-refractivity contribution is 0.419. The summed E-state index contributed by atoms with van der Waals surface area (Å²) in [4.78, 5) is 0. The van der Waals surface area contributed by atoms with Gasteiger partial charge in [0.2, 0.25) is 5.09 Å². The van der Waals surface area contributed by atoms with Crippen LogP contribution in [0.15, 0.2) is 33.8 Å². The third-order valence-corrected chi connectivity index (χ3v) is 4.12. The van der Waals surface area contributed by atoms with Gasteiger partial charge in [-0.3, -0.25) is 0 Å². The van der Waals surface area contributed by atoms with Crippen molar-refractivity contribution in [2.24, 2.45) is 5.14 Å². The van der Waals surface area contributed by atoms with Crippen LogP contribution in [-0.2, 0) is 16.6 Å². The zero-order valence-electron chi connectivity index (χ0n) is 10.5. The van der Waals surface area contributed by atoms with Gasteiger partial charge in [0.1, 0.15) is 5.76 Å². The average Bonchev–Trinajstić information content (AvgIpc) is 2.80. The molecule has 2 aromatic rings. The largest absolute Gasteiger partial charge is 0.446 e. The molecule has 1 aromatic heterocycles. The number of halogens is 2. The van der Waals surface area contributed by atoms with Gasteiger partial charge >= 0.3 is 0 Å². The second kappa shape index (κ2) is 5.65. The van der Waals surface area contributed by atoms with E-state index in [1.165, 1.54) is 12.1 Å². The Morgan fingerprint density at radius 1 is 1.25 bits per heavy atom. The number of aryl methyl sites for hydroxylation is 1. The molecule has 5 nitrogen and oxygen atoms in total. The second-order valence-electron chi connectivity index (χ2n) is 4.20. The maximum absolute atomic E-state index is 11.1. The molecule has 3 N–H and O–H groups in total. The fourth-order valence-corrected chi connectivity index (χ4v) is 2.50. The number of hydrogen-bond donors (Lipinski definition) is 2. The molecule has 0 aliphatic carbocycles. The third-order valence-electron chi connectivity index (χ3n) is 2.62. The molecular weight excluding hydrogens is 323 g/mol. The molecule has 0 saturated heterocycles. The van der Waals surface area contributed by atoms with Crippen molar-refractivity contribution in [3.63, 3.8) is 0 Å². The highest BCUT2D eigenvalue weighted by Crippen LogP contribution is 2.29. The Morgan fingerprint density at radius 2 is 1.95 bits per heavy atom. The van der Waals surface area contributed by atoms with Crippen LogP contribution in [0.1, 0.15) is 11.3 Å². The first-order chi connectivity index (χ1) is 9.27. The number of anilines is 1. The van der Waals surface area contributed by atoms with Crippen molar-refractivity contribution in [3.05, 3.63) is 45.6 Å². The van der Waals surface area contributed by atoms with Crippen molar-refractivity contribution in [1.29, 1.82) is 0 Å². The molecule has 20 heavy (non-hydrogen) atoms. The Balaban J connectivity index is 2.13. The van der Waals surface area contributed by atoms with Crippen molar-refractivity contribution >= 4 is 38.9 Å². The number of primary sulfonamides is 1. The number of nitrogens with two attached hydrogens (primary N) is 1. The SMILES string of the molecule is Cc1cc(Cl)c(NCc2ccc(S(N)(=O)=O)o2)cc1Cl. The molecule has 108 valence electrons. The minimum absolute atomic E-state index is 0.259. The van der Waals surface area contributed by atoms with Crippen LogP contribution in [0.5, 0.6) is 0 Å². The topological polar surface area (TPSA) is 85.3 Å². The van der Waals surface area contributed by atoms with E-state index in [0.29, 0.717) is 21.5 Å². The molecular formula is C12H12Cl2N2O3S. The predicted octanol–water partition coefficient (Wildman–Crippen LogP) is 3.15. The molecule has 1 aromatic carbocycles. The van der Waals surface area contributed by atoms with Gasteiger partial charge in [-0.1, -0.05) is 23.2 Å². The van der Waals surface area contributed by atoms with Gasteiger partial charge < -0.3 is 9.73 Å². The second-order valence-corrected chi connectivity index (χ2v) is 6.51. The van der Waals surface area contributed by atoms with E-state index in [0.717, 1.165) is 5.56 Å². The molecule has 0 amide bonds. The van der Waals surface area contributed by atoms with Gasteiger partial charge in [-0.2, -0.15) is 0 Å². The number of furan rings is 1. The monoisotopic (exact) mass is 334 g/mol. The molecule has 0 saturated carbocycles. The van der Waals surface area contributed by atoms with Crippen LogP contribution in [0.3, 0.4) is 0 Å². The smallest absolute Gasteiger partial charge is 0.271 e. The molecule has 0 aliphatic heterocycles. The minimum Gasteiger partial charge on any atom is -0.446 e. The fraction of sp³-hybridized carbons (Fsp3) is 0.167. The van der Waals surface area contributed by atoms with Crippen molar-refractivity contribution in [3.8, 4) is 0 Å². The summed E-state index contributed by atoms with van der Waals surface area (Å²) >= 11 is 12.1. The maximum atomic E-state index is 11.1. The molecule has 1 heterocycles. The first-order valence-corrected chi connectivity index (χ1v) is 7.88. The van der Waals surface area contributed by atoms with Crippen molar-refractivity contribution in [2.75, 3.05) is 5.32 Å². The quantitative estimate of drug-likeness (QED) is 0.899. The van der Waals surface area contributed by atoms with Gasteiger partial charge in [0.15, 0.2) is 0 Å². The van der Waals surface area contributed by atoms with Crippen molar-refractivity contribution < 1.29 is 12.8 Å². The van der Waals surface area contributed by atoms with Gasteiger partial charge in [-0.05, 0) is 36.8 Å². The summed E-state index contributed by atoms with van der Waals surface area (Å²) in [6.07, 6.45) is 0. The van der Waals surface area contributed by atoms with Gasteiger partial charge in [0.25, 0.3) is 10.0 Å². The Bertz CT molecular complexity index is 741. The number of rotatable bonds is 4. The maximum Gasteiger partial charge on any atom is 0.271 e. The first kappa shape index (κ1) is 15.2. The van der Waals surface area contributed by atoms with E-state index in [1.807, 2.05) is 6.92 Å². The van der Waals surface area contributed by atoms with Crippen LogP contribution >= 0.6 is 23.2 Å². The summed E-state index contributed by atoms with van der Waals surface area (Å²) < 4.78 is 27.3. The Morgan fingerprint density at radius 3 is 2.55 bits per heavy atom. The van der Waals surface area contributed by atoms with Crippen molar-refractivity contribution in [1.82, 2.24) is 0 Å². The molecule has 0 aliphatic rings. The van der Waals surface area contributed by atoms with E-state index in [2.05, 4.69) is 5.32 Å². The van der Waals surface area contributed by atoms with Crippen molar-refractivity contribution in [2.45, 2.75) is 18.6 Å². The summed E-state index contributed by atoms with van der Waals surface area (Å²) in [6.45, 7) is 2.11. The molecule has 0 spiro atoms. The molecule has 0 unspecified atom stereocenters. The lowest BCUT2D eigenvalue weighted by atomic mass is 10.2. The molecule has 2 rings (SSSR count). The highest BCUT2D eigenvalue weighted by atomic mass is 35.5. The van der Waals surface area contributed by atoms with Gasteiger partial charge in [0.05, 0.1) is 17.3 Å². The molecule has 0 fully saturated rings. The number of sulfonamides is 1. The Kier molecular flexibility index (Phi) is 4.29. The molecule has 8 heteroatoms. The summed E-state index contributed by atoms with van der Waals surface area (Å²) in [6, 6.07) is 6.26. The minimum atomic E-state index is -3.83. The van der Waals surface area contributed by atoms with Crippen LogP contribution in [0, 0.1) is 6.92 Å². The summed E-state index contributed by atoms with van der Waals surface area (Å²) in [5.74, 6) is 0.418. The van der Waals surface area contributed by atoms with Crippen LogP contribution in [0.4, 0.5) is 5.69 Å². The Labute approximate surface area is 126 Å². The third kappa shape index (κ3) is 3.46. The van der Waals surface area contributed by atoms with E-state index in [9.17, 15) is 8.42 Å². The summed E-state index contributed by atoms with van der Waals surface area (Å²) in [7, 11) is -3.83. The van der Waals surface area contributed by atoms with Gasteiger partial charge in [0, 0.05) is 5.02 Å². The number of benzene rings is 1.